The Kier molecular flexibility index (Phi) is 9.93. The van der Waals surface area contributed by atoms with Crippen LogP contribution in [0.2, 0.25) is 0 Å². The van der Waals surface area contributed by atoms with Gasteiger partial charge in [0, 0.05) is 23.1 Å². The van der Waals surface area contributed by atoms with Gasteiger partial charge in [0.05, 0.1) is 19.1 Å². The smallest absolute Gasteiger partial charge is 0.244 e. The molecule has 0 radical (unpaired) electrons. The summed E-state index contributed by atoms with van der Waals surface area (Å²) in [6, 6.07) is 13.0. The van der Waals surface area contributed by atoms with E-state index in [4.69, 9.17) is 4.74 Å². The summed E-state index contributed by atoms with van der Waals surface area (Å²) in [5, 5.41) is 2.90. The molecule has 0 aliphatic rings. The number of carbonyl (C=O) groups is 2. The molecule has 0 heterocycles. The van der Waals surface area contributed by atoms with Crippen molar-refractivity contribution in [1.82, 2.24) is 10.2 Å². The molecule has 10 heteroatoms. The minimum atomic E-state index is -3.80. The van der Waals surface area contributed by atoms with Crippen molar-refractivity contribution in [2.45, 2.75) is 45.8 Å². The summed E-state index contributed by atoms with van der Waals surface area (Å²) in [5.41, 5.74) is 1.10. The molecule has 0 bridgehead atoms. The minimum absolute atomic E-state index is 0.0536. The van der Waals surface area contributed by atoms with Gasteiger partial charge in [0.25, 0.3) is 0 Å². The van der Waals surface area contributed by atoms with Gasteiger partial charge in [0.2, 0.25) is 21.8 Å². The van der Waals surface area contributed by atoms with Crippen molar-refractivity contribution in [2.75, 3.05) is 24.2 Å². The predicted octanol–water partition coefficient (Wildman–Crippen LogP) is 3.56. The normalized spacial score (nSPS) is 13.0. The first-order chi connectivity index (χ1) is 16.0. The minimum Gasteiger partial charge on any atom is -0.497 e. The molecule has 1 N–H and O–H groups in total. The molecule has 0 saturated carbocycles. The SMILES string of the molecule is CCC(C)NC(=O)C(C)N(Cc1cccc(Br)c1)C(=O)CN(c1cccc(OC)c1)S(C)(=O)=O. The highest BCUT2D eigenvalue weighted by Crippen LogP contribution is 2.24. The van der Waals surface area contributed by atoms with Crippen molar-refractivity contribution in [1.29, 1.82) is 0 Å². The Hall–Kier alpha value is -2.59. The van der Waals surface area contributed by atoms with E-state index in [0.29, 0.717) is 11.4 Å². The number of hydrogen-bond donors (Lipinski definition) is 1. The number of amides is 2. The van der Waals surface area contributed by atoms with Crippen molar-refractivity contribution in [2.24, 2.45) is 0 Å². The summed E-state index contributed by atoms with van der Waals surface area (Å²) >= 11 is 3.43. The average molecular weight is 555 g/mol. The van der Waals surface area contributed by atoms with Crippen LogP contribution in [0.15, 0.2) is 53.0 Å². The van der Waals surface area contributed by atoms with Crippen LogP contribution < -0.4 is 14.4 Å². The van der Waals surface area contributed by atoms with Gasteiger partial charge >= 0.3 is 0 Å². The van der Waals surface area contributed by atoms with E-state index in [9.17, 15) is 18.0 Å². The van der Waals surface area contributed by atoms with Crippen LogP contribution in [0.5, 0.6) is 5.75 Å². The summed E-state index contributed by atoms with van der Waals surface area (Å²) in [5.74, 6) is -0.337. The van der Waals surface area contributed by atoms with E-state index >= 15 is 0 Å². The lowest BCUT2D eigenvalue weighted by atomic mass is 10.1. The molecule has 2 aromatic rings. The molecular formula is C24H32BrN3O5S. The van der Waals surface area contributed by atoms with Crippen LogP contribution in [-0.2, 0) is 26.2 Å². The molecule has 0 aromatic heterocycles. The number of hydrogen-bond acceptors (Lipinski definition) is 5. The number of benzene rings is 2. The predicted molar refractivity (Wildman–Crippen MR) is 137 cm³/mol. The molecule has 2 aromatic carbocycles. The maximum atomic E-state index is 13.5. The molecule has 2 rings (SSSR count). The Morgan fingerprint density at radius 2 is 1.79 bits per heavy atom. The third kappa shape index (κ3) is 7.73. The van der Waals surface area contributed by atoms with Gasteiger partial charge in [0.15, 0.2) is 0 Å². The summed E-state index contributed by atoms with van der Waals surface area (Å²) in [4.78, 5) is 27.8. The lowest BCUT2D eigenvalue weighted by Crippen LogP contribution is -2.52. The van der Waals surface area contributed by atoms with Crippen LogP contribution in [-0.4, -0.2) is 57.1 Å². The zero-order valence-electron chi connectivity index (χ0n) is 20.1. The zero-order valence-corrected chi connectivity index (χ0v) is 22.5. The van der Waals surface area contributed by atoms with Gasteiger partial charge in [-0.15, -0.1) is 0 Å². The van der Waals surface area contributed by atoms with Gasteiger partial charge in [-0.05, 0) is 50.1 Å². The van der Waals surface area contributed by atoms with Crippen LogP contribution >= 0.6 is 15.9 Å². The van der Waals surface area contributed by atoms with E-state index in [1.807, 2.05) is 38.1 Å². The topological polar surface area (TPSA) is 96.0 Å². The Labute approximate surface area is 210 Å². The standard InChI is InChI=1S/C24H32BrN3O5S/c1-6-17(2)26-24(30)18(3)27(15-19-9-7-10-20(25)13-19)23(29)16-28(34(5,31)32)21-11-8-12-22(14-21)33-4/h7-14,17-18H,6,15-16H2,1-5H3,(H,26,30). The molecule has 0 aliphatic carbocycles. The number of sulfonamides is 1. The Morgan fingerprint density at radius 1 is 1.12 bits per heavy atom. The molecule has 34 heavy (non-hydrogen) atoms. The van der Waals surface area contributed by atoms with Gasteiger partial charge in [-0.1, -0.05) is 41.1 Å². The van der Waals surface area contributed by atoms with Crippen molar-refractivity contribution in [3.8, 4) is 5.75 Å². The van der Waals surface area contributed by atoms with E-state index < -0.39 is 28.5 Å². The third-order valence-corrected chi connectivity index (χ3v) is 7.06. The van der Waals surface area contributed by atoms with E-state index in [1.54, 1.807) is 31.2 Å². The van der Waals surface area contributed by atoms with Crippen molar-refractivity contribution in [3.05, 3.63) is 58.6 Å². The summed E-state index contributed by atoms with van der Waals surface area (Å²) < 4.78 is 32.3. The fourth-order valence-corrected chi connectivity index (χ4v) is 4.55. The first-order valence-corrected chi connectivity index (χ1v) is 13.6. The number of carbonyl (C=O) groups excluding carboxylic acids is 2. The zero-order chi connectivity index (χ0) is 25.5. The Bertz CT molecular complexity index is 1110. The maximum Gasteiger partial charge on any atom is 0.244 e. The molecule has 2 amide bonds. The average Bonchev–Trinajstić information content (AvgIpc) is 2.79. The summed E-state index contributed by atoms with van der Waals surface area (Å²) in [6.45, 7) is 5.17. The molecule has 2 unspecified atom stereocenters. The Morgan fingerprint density at radius 3 is 2.38 bits per heavy atom. The van der Waals surface area contributed by atoms with E-state index in [2.05, 4.69) is 21.2 Å². The molecule has 8 nitrogen and oxygen atoms in total. The molecule has 2 atom stereocenters. The fourth-order valence-electron chi connectivity index (χ4n) is 3.26. The molecule has 0 aliphatic heterocycles. The van der Waals surface area contributed by atoms with E-state index in [1.165, 1.54) is 12.0 Å². The van der Waals surface area contributed by atoms with Crippen molar-refractivity contribution < 1.29 is 22.7 Å². The summed E-state index contributed by atoms with van der Waals surface area (Å²) in [7, 11) is -2.32. The van der Waals surface area contributed by atoms with Gasteiger partial charge in [-0.3, -0.25) is 13.9 Å². The van der Waals surface area contributed by atoms with Crippen LogP contribution in [0.25, 0.3) is 0 Å². The number of nitrogens with one attached hydrogen (secondary N) is 1. The van der Waals surface area contributed by atoms with Crippen molar-refractivity contribution in [3.63, 3.8) is 0 Å². The first kappa shape index (κ1) is 27.7. The monoisotopic (exact) mass is 553 g/mol. The molecule has 186 valence electrons. The number of nitrogens with zero attached hydrogens (tertiary/aromatic N) is 2. The van der Waals surface area contributed by atoms with Gasteiger partial charge in [-0.25, -0.2) is 8.42 Å². The van der Waals surface area contributed by atoms with Crippen LogP contribution in [0, 0.1) is 0 Å². The van der Waals surface area contributed by atoms with Crippen LogP contribution in [0.3, 0.4) is 0 Å². The van der Waals surface area contributed by atoms with Crippen LogP contribution in [0.1, 0.15) is 32.8 Å². The van der Waals surface area contributed by atoms with Gasteiger partial charge < -0.3 is 15.0 Å². The molecular weight excluding hydrogens is 522 g/mol. The van der Waals surface area contributed by atoms with Gasteiger partial charge in [-0.2, -0.15) is 0 Å². The quantitative estimate of drug-likeness (QED) is 0.459. The van der Waals surface area contributed by atoms with E-state index in [0.717, 1.165) is 27.0 Å². The molecule has 0 fully saturated rings. The number of ether oxygens (including phenoxy) is 1. The lowest BCUT2D eigenvalue weighted by Gasteiger charge is -2.32. The lowest BCUT2D eigenvalue weighted by molar-refractivity contribution is -0.139. The number of halogens is 1. The number of anilines is 1. The second kappa shape index (κ2) is 12.2. The largest absolute Gasteiger partial charge is 0.497 e. The number of rotatable bonds is 11. The highest BCUT2D eigenvalue weighted by atomic mass is 79.9. The van der Waals surface area contributed by atoms with Crippen LogP contribution in [0.4, 0.5) is 5.69 Å². The van der Waals surface area contributed by atoms with Crippen molar-refractivity contribution >= 4 is 43.5 Å². The van der Waals surface area contributed by atoms with E-state index in [-0.39, 0.29) is 18.5 Å². The number of methoxy groups -OCH3 is 1. The third-order valence-electron chi connectivity index (χ3n) is 5.43. The maximum absolute atomic E-state index is 13.5. The highest BCUT2D eigenvalue weighted by molar-refractivity contribution is 9.10. The highest BCUT2D eigenvalue weighted by Gasteiger charge is 2.30. The second-order valence-electron chi connectivity index (χ2n) is 8.12. The molecule has 0 saturated heterocycles. The fraction of sp³-hybridized carbons (Fsp3) is 0.417. The summed E-state index contributed by atoms with van der Waals surface area (Å²) in [6.07, 6.45) is 1.78. The molecule has 0 spiro atoms. The second-order valence-corrected chi connectivity index (χ2v) is 10.9. The first-order valence-electron chi connectivity index (χ1n) is 10.9. The van der Waals surface area contributed by atoms with Gasteiger partial charge in [0.1, 0.15) is 18.3 Å². The Balaban J connectivity index is 2.40.